The van der Waals surface area contributed by atoms with E-state index in [1.165, 1.54) is 0 Å². The number of nitrogens with one attached hydrogen (secondary N) is 1. The molecular weight excluding hydrogens is 192 g/mol. The lowest BCUT2D eigenvalue weighted by atomic mass is 9.82. The molecule has 0 spiro atoms. The fourth-order valence-corrected chi connectivity index (χ4v) is 1.78. The molecule has 0 aromatic heterocycles. The van der Waals surface area contributed by atoms with Crippen molar-refractivity contribution in [1.82, 2.24) is 10.2 Å². The molecule has 15 heavy (non-hydrogen) atoms. The van der Waals surface area contributed by atoms with Crippen LogP contribution in [0.25, 0.3) is 0 Å². The van der Waals surface area contributed by atoms with Crippen LogP contribution in [0, 0.1) is 5.92 Å². The van der Waals surface area contributed by atoms with E-state index in [2.05, 4.69) is 5.32 Å². The van der Waals surface area contributed by atoms with E-state index in [0.717, 1.165) is 0 Å². The normalized spacial score (nSPS) is 22.3. The van der Waals surface area contributed by atoms with Gasteiger partial charge in [-0.1, -0.05) is 13.8 Å². The number of carbonyl (C=O) groups excluding carboxylic acids is 1. The molecule has 4 heteroatoms. The van der Waals surface area contributed by atoms with Crippen LogP contribution in [0.15, 0.2) is 0 Å². The number of nitrogens with zero attached hydrogens (tertiary/aromatic N) is 1. The molecule has 1 heterocycles. The molecule has 0 aromatic carbocycles. The standard InChI is InChI=1S/C11H22N2O2/c1-5-12-10(14)9(4)13-6-11(15,7-13)8(2)3/h8-9,15H,5-7H2,1-4H3,(H,12,14). The van der Waals surface area contributed by atoms with Gasteiger partial charge in [0.05, 0.1) is 11.6 Å². The summed E-state index contributed by atoms with van der Waals surface area (Å²) in [5.74, 6) is 0.290. The fourth-order valence-electron chi connectivity index (χ4n) is 1.78. The molecule has 1 rings (SSSR count). The maximum atomic E-state index is 11.5. The van der Waals surface area contributed by atoms with Gasteiger partial charge >= 0.3 is 0 Å². The first-order chi connectivity index (χ1) is 6.90. The SMILES string of the molecule is CCNC(=O)C(C)N1CC(O)(C(C)C)C1. The number of hydrogen-bond donors (Lipinski definition) is 2. The predicted octanol–water partition coefficient (Wildman–Crippen LogP) is 0.214. The molecule has 88 valence electrons. The van der Waals surface area contributed by atoms with Crippen LogP contribution in [-0.4, -0.2) is 47.2 Å². The van der Waals surface area contributed by atoms with E-state index in [0.29, 0.717) is 19.6 Å². The van der Waals surface area contributed by atoms with Crippen molar-refractivity contribution in [2.45, 2.75) is 39.3 Å². The number of amides is 1. The zero-order chi connectivity index (χ0) is 11.6. The first kappa shape index (κ1) is 12.5. The van der Waals surface area contributed by atoms with E-state index in [4.69, 9.17) is 0 Å². The maximum absolute atomic E-state index is 11.5. The molecule has 1 fully saturated rings. The van der Waals surface area contributed by atoms with Gasteiger partial charge in [-0.25, -0.2) is 0 Å². The number of hydrogen-bond acceptors (Lipinski definition) is 3. The van der Waals surface area contributed by atoms with Gasteiger partial charge in [0, 0.05) is 19.6 Å². The summed E-state index contributed by atoms with van der Waals surface area (Å²) in [6.07, 6.45) is 0. The van der Waals surface area contributed by atoms with Gasteiger partial charge in [0.1, 0.15) is 0 Å². The minimum Gasteiger partial charge on any atom is -0.387 e. The Morgan fingerprint density at radius 2 is 2.00 bits per heavy atom. The second-order valence-corrected chi connectivity index (χ2v) is 4.73. The predicted molar refractivity (Wildman–Crippen MR) is 59.5 cm³/mol. The van der Waals surface area contributed by atoms with Crippen molar-refractivity contribution in [2.75, 3.05) is 19.6 Å². The molecule has 2 N–H and O–H groups in total. The lowest BCUT2D eigenvalue weighted by Crippen LogP contribution is -2.68. The first-order valence-electron chi connectivity index (χ1n) is 5.65. The Morgan fingerprint density at radius 3 is 2.40 bits per heavy atom. The monoisotopic (exact) mass is 214 g/mol. The molecule has 0 aliphatic carbocycles. The molecular formula is C11H22N2O2. The molecule has 1 atom stereocenters. The van der Waals surface area contributed by atoms with Crippen molar-refractivity contribution in [3.8, 4) is 0 Å². The van der Waals surface area contributed by atoms with Gasteiger partial charge in [-0.3, -0.25) is 9.69 Å². The Kier molecular flexibility index (Phi) is 3.73. The smallest absolute Gasteiger partial charge is 0.237 e. The van der Waals surface area contributed by atoms with Crippen LogP contribution >= 0.6 is 0 Å². The van der Waals surface area contributed by atoms with Crippen molar-refractivity contribution in [2.24, 2.45) is 5.92 Å². The lowest BCUT2D eigenvalue weighted by Gasteiger charge is -2.51. The third kappa shape index (κ3) is 2.49. The van der Waals surface area contributed by atoms with Crippen LogP contribution in [0.2, 0.25) is 0 Å². The Balaban J connectivity index is 2.41. The third-order valence-electron chi connectivity index (χ3n) is 3.31. The average molecular weight is 214 g/mol. The third-order valence-corrected chi connectivity index (χ3v) is 3.31. The molecule has 1 saturated heterocycles. The highest BCUT2D eigenvalue weighted by Crippen LogP contribution is 2.29. The number of aliphatic hydroxyl groups is 1. The van der Waals surface area contributed by atoms with Gasteiger partial charge in [0.25, 0.3) is 0 Å². The Labute approximate surface area is 91.6 Å². The fraction of sp³-hybridized carbons (Fsp3) is 0.909. The summed E-state index contributed by atoms with van der Waals surface area (Å²) in [6, 6.07) is -0.135. The summed E-state index contributed by atoms with van der Waals surface area (Å²) < 4.78 is 0. The van der Waals surface area contributed by atoms with Crippen molar-refractivity contribution < 1.29 is 9.90 Å². The second kappa shape index (κ2) is 4.49. The topological polar surface area (TPSA) is 52.6 Å². The minimum absolute atomic E-state index is 0.0447. The van der Waals surface area contributed by atoms with Crippen molar-refractivity contribution >= 4 is 5.91 Å². The van der Waals surface area contributed by atoms with Crippen LogP contribution in [0.3, 0.4) is 0 Å². The second-order valence-electron chi connectivity index (χ2n) is 4.73. The number of likely N-dealkylation sites (tertiary alicyclic amines) is 1. The number of rotatable bonds is 4. The molecule has 0 saturated carbocycles. The molecule has 4 nitrogen and oxygen atoms in total. The molecule has 1 amide bonds. The van der Waals surface area contributed by atoms with Gasteiger partial charge in [0.2, 0.25) is 5.91 Å². The largest absolute Gasteiger partial charge is 0.387 e. The zero-order valence-corrected chi connectivity index (χ0v) is 10.1. The summed E-state index contributed by atoms with van der Waals surface area (Å²) >= 11 is 0. The quantitative estimate of drug-likeness (QED) is 0.703. The molecule has 1 unspecified atom stereocenters. The van der Waals surface area contributed by atoms with Crippen LogP contribution in [0.5, 0.6) is 0 Å². The summed E-state index contributed by atoms with van der Waals surface area (Å²) in [7, 11) is 0. The van der Waals surface area contributed by atoms with Crippen LogP contribution < -0.4 is 5.32 Å². The van der Waals surface area contributed by atoms with Gasteiger partial charge in [-0.15, -0.1) is 0 Å². The highest BCUT2D eigenvalue weighted by Gasteiger charge is 2.46. The van der Waals surface area contributed by atoms with Gasteiger partial charge in [-0.2, -0.15) is 0 Å². The van der Waals surface area contributed by atoms with Crippen molar-refractivity contribution in [1.29, 1.82) is 0 Å². The lowest BCUT2D eigenvalue weighted by molar-refractivity contribution is -0.153. The van der Waals surface area contributed by atoms with Gasteiger partial charge in [-0.05, 0) is 19.8 Å². The molecule has 0 aromatic rings. The Morgan fingerprint density at radius 1 is 1.47 bits per heavy atom. The van der Waals surface area contributed by atoms with E-state index in [-0.39, 0.29) is 17.9 Å². The van der Waals surface area contributed by atoms with Crippen molar-refractivity contribution in [3.63, 3.8) is 0 Å². The minimum atomic E-state index is -0.596. The number of carbonyl (C=O) groups is 1. The Bertz CT molecular complexity index is 235. The maximum Gasteiger partial charge on any atom is 0.237 e. The summed E-state index contributed by atoms with van der Waals surface area (Å²) in [5.41, 5.74) is -0.596. The molecule has 1 aliphatic rings. The highest BCUT2D eigenvalue weighted by molar-refractivity contribution is 5.81. The summed E-state index contributed by atoms with van der Waals surface area (Å²) in [5, 5.41) is 12.8. The first-order valence-corrected chi connectivity index (χ1v) is 5.65. The number of β-amino-alcohol motifs (C(OH)–C–C–N with tert-alkyl or cyclic N) is 1. The van der Waals surface area contributed by atoms with E-state index >= 15 is 0 Å². The van der Waals surface area contributed by atoms with Gasteiger partial charge < -0.3 is 10.4 Å². The van der Waals surface area contributed by atoms with E-state index in [9.17, 15) is 9.90 Å². The zero-order valence-electron chi connectivity index (χ0n) is 10.1. The highest BCUT2D eigenvalue weighted by atomic mass is 16.3. The number of likely N-dealkylation sites (N-methyl/N-ethyl adjacent to an activating group) is 1. The van der Waals surface area contributed by atoms with Crippen LogP contribution in [0.1, 0.15) is 27.7 Å². The molecule has 0 radical (unpaired) electrons. The van der Waals surface area contributed by atoms with Crippen molar-refractivity contribution in [3.05, 3.63) is 0 Å². The van der Waals surface area contributed by atoms with Crippen LogP contribution in [0.4, 0.5) is 0 Å². The van der Waals surface area contributed by atoms with E-state index < -0.39 is 5.60 Å². The summed E-state index contributed by atoms with van der Waals surface area (Å²) in [6.45, 7) is 9.66. The molecule has 0 bridgehead atoms. The van der Waals surface area contributed by atoms with Gasteiger partial charge in [0.15, 0.2) is 0 Å². The molecule has 1 aliphatic heterocycles. The van der Waals surface area contributed by atoms with Crippen LogP contribution in [-0.2, 0) is 4.79 Å². The Hall–Kier alpha value is -0.610. The van der Waals surface area contributed by atoms with E-state index in [1.54, 1.807) is 0 Å². The van der Waals surface area contributed by atoms with E-state index in [1.807, 2.05) is 32.6 Å². The average Bonchev–Trinajstić information content (AvgIpc) is 2.11. The summed E-state index contributed by atoms with van der Waals surface area (Å²) in [4.78, 5) is 13.5.